The van der Waals surface area contributed by atoms with Gasteiger partial charge in [0.15, 0.2) is 21.5 Å². The molecule has 0 aliphatic carbocycles. The number of aliphatic imine (C=N–C) groups is 1. The van der Waals surface area contributed by atoms with Gasteiger partial charge in [-0.1, -0.05) is 78.4 Å². The van der Waals surface area contributed by atoms with Crippen molar-refractivity contribution in [2.75, 3.05) is 25.5 Å². The quantitative estimate of drug-likeness (QED) is 0.126. The normalized spacial score (nSPS) is 17.6. The van der Waals surface area contributed by atoms with Crippen molar-refractivity contribution in [3.05, 3.63) is 131 Å². The van der Waals surface area contributed by atoms with Crippen LogP contribution in [-0.4, -0.2) is 56.4 Å². The van der Waals surface area contributed by atoms with E-state index in [0.29, 0.717) is 42.9 Å². The lowest BCUT2D eigenvalue weighted by Crippen LogP contribution is -2.53. The lowest BCUT2D eigenvalue weighted by molar-refractivity contribution is -0.130. The van der Waals surface area contributed by atoms with Crippen molar-refractivity contribution >= 4 is 21.6 Å². The fraction of sp³-hybridized carbons (Fsp3) is 0.278. The first-order chi connectivity index (χ1) is 22.3. The number of sulfone groups is 1. The lowest BCUT2D eigenvalue weighted by Gasteiger charge is -2.30. The van der Waals surface area contributed by atoms with Crippen molar-refractivity contribution in [2.24, 2.45) is 4.99 Å². The number of hydrogen-bond donors (Lipinski definition) is 3. The van der Waals surface area contributed by atoms with Gasteiger partial charge in [-0.3, -0.25) is 10.2 Å². The number of aryl methyl sites for hydroxylation is 1. The summed E-state index contributed by atoms with van der Waals surface area (Å²) in [6.07, 6.45) is 0.171. The molecule has 10 heteroatoms. The predicted octanol–water partition coefficient (Wildman–Crippen LogP) is 4.74. The number of aliphatic hydroxyl groups is 1. The van der Waals surface area contributed by atoms with E-state index in [1.165, 1.54) is 5.56 Å². The predicted molar refractivity (Wildman–Crippen MR) is 177 cm³/mol. The van der Waals surface area contributed by atoms with Gasteiger partial charge in [-0.25, -0.2) is 18.8 Å². The van der Waals surface area contributed by atoms with Gasteiger partial charge in [0, 0.05) is 31.6 Å². The molecular weight excluding hydrogens is 602 g/mol. The highest BCUT2D eigenvalue weighted by Crippen LogP contribution is 2.43. The monoisotopic (exact) mass is 641 g/mol. The molecular formula is C36H39N3O6S. The van der Waals surface area contributed by atoms with Crippen molar-refractivity contribution in [1.82, 2.24) is 10.9 Å². The summed E-state index contributed by atoms with van der Waals surface area (Å²) in [5, 5.41) is 9.05. The van der Waals surface area contributed by atoms with Crippen molar-refractivity contribution in [3.8, 4) is 5.75 Å². The van der Waals surface area contributed by atoms with E-state index in [1.54, 1.807) is 54.6 Å². The van der Waals surface area contributed by atoms with E-state index in [2.05, 4.69) is 10.9 Å². The van der Waals surface area contributed by atoms with Crippen molar-refractivity contribution in [2.45, 2.75) is 42.7 Å². The van der Waals surface area contributed by atoms with Gasteiger partial charge in [0.25, 0.3) is 5.91 Å². The summed E-state index contributed by atoms with van der Waals surface area (Å²) in [5.74, 6) is 0.0239. The second-order valence-corrected chi connectivity index (χ2v) is 13.3. The van der Waals surface area contributed by atoms with E-state index in [4.69, 9.17) is 19.6 Å². The smallest absolute Gasteiger partial charge is 0.266 e. The molecule has 9 nitrogen and oxygen atoms in total. The molecule has 3 N–H and O–H groups in total. The number of hydrogen-bond acceptors (Lipinski definition) is 8. The van der Waals surface area contributed by atoms with Crippen LogP contribution >= 0.6 is 0 Å². The average Bonchev–Trinajstić information content (AvgIpc) is 3.49. The third-order valence-corrected chi connectivity index (χ3v) is 9.58. The summed E-state index contributed by atoms with van der Waals surface area (Å²) in [7, 11) is -3.75. The van der Waals surface area contributed by atoms with Crippen LogP contribution in [0, 0.1) is 6.92 Å². The van der Waals surface area contributed by atoms with Gasteiger partial charge < -0.3 is 14.6 Å². The van der Waals surface area contributed by atoms with Crippen LogP contribution in [0.5, 0.6) is 5.75 Å². The van der Waals surface area contributed by atoms with Gasteiger partial charge in [-0.15, -0.1) is 0 Å². The van der Waals surface area contributed by atoms with E-state index in [9.17, 15) is 13.2 Å². The Balaban J connectivity index is 1.45. The van der Waals surface area contributed by atoms with Crippen LogP contribution in [0.1, 0.15) is 41.2 Å². The van der Waals surface area contributed by atoms with Crippen LogP contribution < -0.4 is 15.6 Å². The summed E-state index contributed by atoms with van der Waals surface area (Å²) >= 11 is 0. The highest BCUT2D eigenvalue weighted by Gasteiger charge is 2.53. The number of ether oxygens (including phenoxy) is 2. The van der Waals surface area contributed by atoms with Crippen LogP contribution in [0.4, 0.5) is 0 Å². The van der Waals surface area contributed by atoms with Crippen molar-refractivity contribution in [1.29, 1.82) is 0 Å². The molecule has 0 aromatic heterocycles. The molecule has 240 valence electrons. The number of aliphatic hydroxyl groups excluding tert-OH is 1. The molecule has 0 fully saturated rings. The second kappa shape index (κ2) is 15.2. The Morgan fingerprint density at radius 2 is 1.61 bits per heavy atom. The maximum Gasteiger partial charge on any atom is 0.266 e. The van der Waals surface area contributed by atoms with E-state index >= 15 is 0 Å². The van der Waals surface area contributed by atoms with Gasteiger partial charge in [0.2, 0.25) is 5.90 Å². The van der Waals surface area contributed by atoms with E-state index in [0.717, 1.165) is 5.56 Å². The van der Waals surface area contributed by atoms with Crippen LogP contribution in [0.15, 0.2) is 119 Å². The third kappa shape index (κ3) is 8.00. The van der Waals surface area contributed by atoms with Crippen LogP contribution in [0.3, 0.4) is 0 Å². The molecule has 0 saturated heterocycles. The zero-order valence-electron chi connectivity index (χ0n) is 25.8. The molecule has 0 unspecified atom stereocenters. The Kier molecular flexibility index (Phi) is 10.8. The molecule has 0 bridgehead atoms. The average molecular weight is 642 g/mol. The Morgan fingerprint density at radius 1 is 0.935 bits per heavy atom. The molecule has 46 heavy (non-hydrogen) atoms. The summed E-state index contributed by atoms with van der Waals surface area (Å²) in [4.78, 5) is 19.3. The van der Waals surface area contributed by atoms with Crippen LogP contribution in [-0.2, 0) is 25.8 Å². The molecule has 5 rings (SSSR count). The number of rotatable bonds is 15. The molecule has 1 amide bonds. The summed E-state index contributed by atoms with van der Waals surface area (Å²) < 4.78 is 39.1. The summed E-state index contributed by atoms with van der Waals surface area (Å²) in [6, 6.07) is 32.7. The molecule has 0 radical (unpaired) electrons. The zero-order valence-corrected chi connectivity index (χ0v) is 26.6. The third-order valence-electron chi connectivity index (χ3n) is 7.85. The molecule has 1 aliphatic rings. The van der Waals surface area contributed by atoms with Gasteiger partial charge in [0.1, 0.15) is 5.75 Å². The molecule has 2 atom stereocenters. The summed E-state index contributed by atoms with van der Waals surface area (Å²) in [6.45, 7) is 2.90. The Morgan fingerprint density at radius 3 is 2.28 bits per heavy atom. The second-order valence-electron chi connectivity index (χ2n) is 11.2. The highest BCUT2D eigenvalue weighted by atomic mass is 32.2. The molecule has 0 saturated carbocycles. The first kappa shape index (κ1) is 32.9. The minimum Gasteiger partial charge on any atom is -0.494 e. The number of hydrazine groups is 1. The molecule has 1 aliphatic heterocycles. The number of amides is 1. The van der Waals surface area contributed by atoms with Crippen LogP contribution in [0.2, 0.25) is 0 Å². The molecule has 1 heterocycles. The number of nitrogens with one attached hydrogen (secondary N) is 2. The maximum absolute atomic E-state index is 14.2. The fourth-order valence-electron chi connectivity index (χ4n) is 5.25. The topological polar surface area (TPSA) is 126 Å². The number of nitrogens with zero attached hydrogens (tertiary/aromatic N) is 1. The molecule has 4 aromatic carbocycles. The molecule has 4 aromatic rings. The minimum absolute atomic E-state index is 0.0363. The van der Waals surface area contributed by atoms with Crippen molar-refractivity contribution < 1.29 is 27.8 Å². The van der Waals surface area contributed by atoms with E-state index in [1.807, 2.05) is 61.5 Å². The largest absolute Gasteiger partial charge is 0.494 e. The van der Waals surface area contributed by atoms with E-state index < -0.39 is 27.4 Å². The van der Waals surface area contributed by atoms with Crippen LogP contribution in [0.25, 0.3) is 0 Å². The highest BCUT2D eigenvalue weighted by molar-refractivity contribution is 7.91. The number of carbonyl (C=O) groups excluding carboxylic acids is 1. The number of benzene rings is 4. The van der Waals surface area contributed by atoms with Crippen molar-refractivity contribution in [3.63, 3.8) is 0 Å². The summed E-state index contributed by atoms with van der Waals surface area (Å²) in [5.41, 5.74) is 7.84. The van der Waals surface area contributed by atoms with E-state index in [-0.39, 0.29) is 29.6 Å². The first-order valence-corrected chi connectivity index (χ1v) is 17.0. The first-order valence-electron chi connectivity index (χ1n) is 15.3. The Hall–Kier alpha value is -4.51. The van der Waals surface area contributed by atoms with Gasteiger partial charge >= 0.3 is 0 Å². The lowest BCUT2D eigenvalue weighted by atomic mass is 9.85. The standard InChI is InChI=1S/C36H39N3O6S/c1-27-13-15-28(16-14-27)21-23-37-39-35(41)36(22-26-46(42,43)32-11-6-3-7-12-32)33(29-9-4-2-5-10-29)45-34(38-36)30-17-19-31(20-18-30)44-25-8-24-40/h2-7,9-20,33,37,40H,8,21-26H2,1H3,(H,39,41)/t33-,36-/m0/s1. The van der Waals surface area contributed by atoms with Gasteiger partial charge in [-0.05, 0) is 60.9 Å². The van der Waals surface area contributed by atoms with Gasteiger partial charge in [0.05, 0.1) is 17.3 Å². The SMILES string of the molecule is Cc1ccc(CCNNC(=O)[C@@]2(CCS(=O)(=O)c3ccccc3)N=C(c3ccc(OCCCO)cc3)O[C@H]2c2ccccc2)cc1. The van der Waals surface area contributed by atoms with Gasteiger partial charge in [-0.2, -0.15) is 0 Å². The molecule has 0 spiro atoms. The fourth-order valence-corrected chi connectivity index (χ4v) is 6.63. The maximum atomic E-state index is 14.2. The number of carbonyl (C=O) groups is 1. The Bertz CT molecular complexity index is 1710. The minimum atomic E-state index is -3.75. The Labute approximate surface area is 270 Å². The zero-order chi connectivity index (χ0) is 32.4.